The van der Waals surface area contributed by atoms with Crippen LogP contribution in [0.3, 0.4) is 0 Å². The Morgan fingerprint density at radius 1 is 0.806 bits per heavy atom. The van der Waals surface area contributed by atoms with Crippen LogP contribution in [0.1, 0.15) is 13.8 Å². The summed E-state index contributed by atoms with van der Waals surface area (Å²) in [6.07, 6.45) is 1.77. The van der Waals surface area contributed by atoms with Gasteiger partial charge >= 0.3 is 0 Å². The predicted octanol–water partition coefficient (Wildman–Crippen LogP) is 6.38. The van der Waals surface area contributed by atoms with E-state index in [1.807, 2.05) is 80.6 Å². The Morgan fingerprint density at radius 3 is 2.13 bits per heavy atom. The molecule has 160 valence electrons. The zero-order valence-electron chi connectivity index (χ0n) is 17.4. The average molecular weight is 438 g/mol. The summed E-state index contributed by atoms with van der Waals surface area (Å²) < 4.78 is 17.2. The van der Waals surface area contributed by atoms with Gasteiger partial charge in [-0.1, -0.05) is 18.2 Å². The monoisotopic (exact) mass is 437 g/mol. The molecule has 0 spiro atoms. The molecule has 3 aromatic carbocycles. The standard InChI is InChI=1S/C24H23N3O3.ClH/c1-3-28-22-14-17-16-25-24(27-21(17)15-23(22)29-4-2)26-18-10-12-20(13-11-18)30-19-8-6-5-7-9-19;/h5-16H,3-4H2,1-2H3,(H,25,26,27);1H. The Morgan fingerprint density at radius 2 is 1.45 bits per heavy atom. The molecule has 0 amide bonds. The second-order valence-electron chi connectivity index (χ2n) is 6.48. The Labute approximate surface area is 187 Å². The van der Waals surface area contributed by atoms with E-state index in [1.54, 1.807) is 6.20 Å². The van der Waals surface area contributed by atoms with E-state index in [1.165, 1.54) is 0 Å². The highest BCUT2D eigenvalue weighted by Crippen LogP contribution is 2.32. The Kier molecular flexibility index (Phi) is 7.51. The van der Waals surface area contributed by atoms with Gasteiger partial charge in [0.15, 0.2) is 11.5 Å². The highest BCUT2D eigenvalue weighted by molar-refractivity contribution is 5.85. The quantitative estimate of drug-likeness (QED) is 0.344. The Hall–Kier alpha value is -3.51. The smallest absolute Gasteiger partial charge is 0.227 e. The molecule has 1 aromatic heterocycles. The molecule has 0 bridgehead atoms. The van der Waals surface area contributed by atoms with Gasteiger partial charge in [0.05, 0.1) is 18.7 Å². The van der Waals surface area contributed by atoms with Crippen molar-refractivity contribution >= 4 is 34.9 Å². The molecule has 1 heterocycles. The topological polar surface area (TPSA) is 65.5 Å². The first-order chi connectivity index (χ1) is 14.7. The van der Waals surface area contributed by atoms with Crippen molar-refractivity contribution in [3.05, 3.63) is 72.9 Å². The predicted molar refractivity (Wildman–Crippen MR) is 125 cm³/mol. The summed E-state index contributed by atoms with van der Waals surface area (Å²) in [5.74, 6) is 3.44. The second-order valence-corrected chi connectivity index (χ2v) is 6.48. The van der Waals surface area contributed by atoms with Crippen LogP contribution in [0.15, 0.2) is 72.9 Å². The van der Waals surface area contributed by atoms with Crippen molar-refractivity contribution in [3.8, 4) is 23.0 Å². The third kappa shape index (κ3) is 5.55. The van der Waals surface area contributed by atoms with Gasteiger partial charge in [-0.05, 0) is 56.3 Å². The minimum Gasteiger partial charge on any atom is -0.490 e. The number of hydrogen-bond acceptors (Lipinski definition) is 6. The molecule has 0 saturated carbocycles. The number of para-hydroxylation sites is 1. The van der Waals surface area contributed by atoms with Crippen molar-refractivity contribution in [1.82, 2.24) is 9.97 Å². The maximum Gasteiger partial charge on any atom is 0.227 e. The molecule has 0 aliphatic carbocycles. The van der Waals surface area contributed by atoms with Crippen LogP contribution in [-0.4, -0.2) is 23.2 Å². The first-order valence-electron chi connectivity index (χ1n) is 9.91. The lowest BCUT2D eigenvalue weighted by Crippen LogP contribution is -2.00. The van der Waals surface area contributed by atoms with Crippen molar-refractivity contribution in [2.45, 2.75) is 13.8 Å². The maximum absolute atomic E-state index is 5.82. The summed E-state index contributed by atoms with van der Waals surface area (Å²) in [6.45, 7) is 5.01. The van der Waals surface area contributed by atoms with Crippen molar-refractivity contribution in [3.63, 3.8) is 0 Å². The van der Waals surface area contributed by atoms with Gasteiger partial charge in [0.25, 0.3) is 0 Å². The molecule has 0 saturated heterocycles. The number of nitrogens with one attached hydrogen (secondary N) is 1. The number of aromatic nitrogens is 2. The van der Waals surface area contributed by atoms with Crippen LogP contribution in [0.4, 0.5) is 11.6 Å². The number of ether oxygens (including phenoxy) is 3. The molecule has 4 rings (SSSR count). The first kappa shape index (κ1) is 22.2. The molecular weight excluding hydrogens is 414 g/mol. The minimum absolute atomic E-state index is 0. The third-order valence-corrected chi connectivity index (χ3v) is 4.33. The van der Waals surface area contributed by atoms with E-state index >= 15 is 0 Å². The highest BCUT2D eigenvalue weighted by Gasteiger charge is 2.10. The molecule has 0 atom stereocenters. The zero-order valence-corrected chi connectivity index (χ0v) is 18.2. The van der Waals surface area contributed by atoms with Gasteiger partial charge in [-0.15, -0.1) is 12.4 Å². The molecule has 0 radical (unpaired) electrons. The van der Waals surface area contributed by atoms with Crippen LogP contribution in [0, 0.1) is 0 Å². The Bertz CT molecular complexity index is 1120. The molecular formula is C24H24ClN3O3. The van der Waals surface area contributed by atoms with Crippen molar-refractivity contribution in [2.24, 2.45) is 0 Å². The van der Waals surface area contributed by atoms with Gasteiger partial charge in [0, 0.05) is 23.3 Å². The van der Waals surface area contributed by atoms with Crippen LogP contribution in [0.5, 0.6) is 23.0 Å². The molecule has 0 aliphatic rings. The fourth-order valence-electron chi connectivity index (χ4n) is 3.00. The van der Waals surface area contributed by atoms with E-state index in [9.17, 15) is 0 Å². The van der Waals surface area contributed by atoms with E-state index in [4.69, 9.17) is 14.2 Å². The molecule has 4 aromatic rings. The lowest BCUT2D eigenvalue weighted by molar-refractivity contribution is 0.288. The number of fused-ring (bicyclic) bond motifs is 1. The van der Waals surface area contributed by atoms with Crippen LogP contribution >= 0.6 is 12.4 Å². The lowest BCUT2D eigenvalue weighted by atomic mass is 10.2. The summed E-state index contributed by atoms with van der Waals surface area (Å²) in [5.41, 5.74) is 1.65. The lowest BCUT2D eigenvalue weighted by Gasteiger charge is -2.12. The van der Waals surface area contributed by atoms with Crippen LogP contribution in [0.25, 0.3) is 10.9 Å². The SMILES string of the molecule is CCOc1cc2cnc(Nc3ccc(Oc4ccccc4)cc3)nc2cc1OCC.Cl. The molecule has 7 heteroatoms. The summed E-state index contributed by atoms with van der Waals surface area (Å²) >= 11 is 0. The molecule has 31 heavy (non-hydrogen) atoms. The van der Waals surface area contributed by atoms with Gasteiger partial charge in [-0.2, -0.15) is 0 Å². The van der Waals surface area contributed by atoms with Crippen molar-refractivity contribution < 1.29 is 14.2 Å². The van der Waals surface area contributed by atoms with Gasteiger partial charge in [-0.3, -0.25) is 0 Å². The maximum atomic E-state index is 5.82. The van der Waals surface area contributed by atoms with Crippen LogP contribution in [0.2, 0.25) is 0 Å². The Balaban J connectivity index is 0.00000272. The number of anilines is 2. The number of nitrogens with zero attached hydrogens (tertiary/aromatic N) is 2. The van der Waals surface area contributed by atoms with Crippen molar-refractivity contribution in [1.29, 1.82) is 0 Å². The molecule has 0 fully saturated rings. The summed E-state index contributed by atoms with van der Waals surface area (Å²) in [7, 11) is 0. The summed E-state index contributed by atoms with van der Waals surface area (Å²) in [6, 6.07) is 21.1. The highest BCUT2D eigenvalue weighted by atomic mass is 35.5. The number of rotatable bonds is 8. The van der Waals surface area contributed by atoms with Crippen LogP contribution < -0.4 is 19.5 Å². The minimum atomic E-state index is 0. The summed E-state index contributed by atoms with van der Waals surface area (Å²) in [5, 5.41) is 4.12. The van der Waals surface area contributed by atoms with Crippen LogP contribution in [-0.2, 0) is 0 Å². The third-order valence-electron chi connectivity index (χ3n) is 4.33. The largest absolute Gasteiger partial charge is 0.490 e. The molecule has 0 unspecified atom stereocenters. The number of hydrogen-bond donors (Lipinski definition) is 1. The average Bonchev–Trinajstić information content (AvgIpc) is 2.77. The molecule has 1 N–H and O–H groups in total. The van der Waals surface area contributed by atoms with E-state index < -0.39 is 0 Å². The van der Waals surface area contributed by atoms with Gasteiger partial charge < -0.3 is 19.5 Å². The molecule has 6 nitrogen and oxygen atoms in total. The van der Waals surface area contributed by atoms with Crippen molar-refractivity contribution in [2.75, 3.05) is 18.5 Å². The van der Waals surface area contributed by atoms with E-state index in [0.717, 1.165) is 28.1 Å². The number of benzene rings is 3. The summed E-state index contributed by atoms with van der Waals surface area (Å²) in [4.78, 5) is 9.04. The van der Waals surface area contributed by atoms with Gasteiger partial charge in [0.1, 0.15) is 11.5 Å². The van der Waals surface area contributed by atoms with E-state index in [2.05, 4.69) is 15.3 Å². The normalized spacial score (nSPS) is 10.3. The second kappa shape index (κ2) is 10.5. The number of halogens is 1. The van der Waals surface area contributed by atoms with Gasteiger partial charge in [0.2, 0.25) is 5.95 Å². The van der Waals surface area contributed by atoms with E-state index in [0.29, 0.717) is 30.7 Å². The van der Waals surface area contributed by atoms with Gasteiger partial charge in [-0.25, -0.2) is 9.97 Å². The zero-order chi connectivity index (χ0) is 20.8. The fourth-order valence-corrected chi connectivity index (χ4v) is 3.00. The molecule has 0 aliphatic heterocycles. The van der Waals surface area contributed by atoms with E-state index in [-0.39, 0.29) is 12.4 Å². The fraction of sp³-hybridized carbons (Fsp3) is 0.167. The first-order valence-corrected chi connectivity index (χ1v) is 9.91.